The molecule has 106 valence electrons. The van der Waals surface area contributed by atoms with E-state index in [2.05, 4.69) is 15.9 Å². The zero-order chi connectivity index (χ0) is 14.7. The summed E-state index contributed by atoms with van der Waals surface area (Å²) in [6.07, 6.45) is 0.0331. The van der Waals surface area contributed by atoms with Gasteiger partial charge in [-0.25, -0.2) is 0 Å². The van der Waals surface area contributed by atoms with Crippen LogP contribution in [0.5, 0.6) is 11.5 Å². The second-order valence-corrected chi connectivity index (χ2v) is 5.93. The fraction of sp³-hybridized carbons (Fsp3) is 0.200. The van der Waals surface area contributed by atoms with E-state index in [1.54, 1.807) is 18.2 Å². The number of para-hydroxylation sites is 1. The van der Waals surface area contributed by atoms with Crippen LogP contribution in [0, 0.1) is 0 Å². The lowest BCUT2D eigenvalue weighted by atomic mass is 10.1. The molecule has 2 rings (SSSR count). The molecule has 1 N–H and O–H groups in total. The molecule has 0 radical (unpaired) electrons. The molecule has 0 heterocycles. The van der Waals surface area contributed by atoms with E-state index in [4.69, 9.17) is 27.9 Å². The number of rotatable bonds is 4. The molecular formula is C15H13BrCl2O2. The highest BCUT2D eigenvalue weighted by atomic mass is 79.9. The van der Waals surface area contributed by atoms with E-state index in [1.165, 1.54) is 0 Å². The van der Waals surface area contributed by atoms with Crippen molar-refractivity contribution in [3.05, 3.63) is 56.5 Å². The fourth-order valence-corrected chi connectivity index (χ4v) is 2.60. The minimum Gasteiger partial charge on any atom is -0.455 e. The average molecular weight is 376 g/mol. The first kappa shape index (κ1) is 15.6. The summed E-state index contributed by atoms with van der Waals surface area (Å²) >= 11 is 15.5. The Labute approximate surface area is 136 Å². The smallest absolute Gasteiger partial charge is 0.147 e. The number of hydrogen-bond donors (Lipinski definition) is 1. The maximum Gasteiger partial charge on any atom is 0.147 e. The first-order chi connectivity index (χ1) is 9.52. The van der Waals surface area contributed by atoms with Gasteiger partial charge in [0.15, 0.2) is 0 Å². The van der Waals surface area contributed by atoms with E-state index in [0.717, 1.165) is 5.56 Å². The zero-order valence-corrected chi connectivity index (χ0v) is 13.8. The average Bonchev–Trinajstić information content (AvgIpc) is 2.44. The van der Waals surface area contributed by atoms with E-state index in [-0.39, 0.29) is 0 Å². The Hall–Kier alpha value is -0.740. The van der Waals surface area contributed by atoms with Gasteiger partial charge in [0, 0.05) is 16.1 Å². The molecule has 0 aliphatic heterocycles. The van der Waals surface area contributed by atoms with Crippen molar-refractivity contribution in [2.45, 2.75) is 19.4 Å². The van der Waals surface area contributed by atoms with Gasteiger partial charge in [-0.2, -0.15) is 0 Å². The molecule has 20 heavy (non-hydrogen) atoms. The standard InChI is InChI=1S/C15H13BrCl2O2/c1-2-13(19)9-5-3-4-6-14(9)20-15-8-11(17)10(16)7-12(15)18/h3-8,13,19H,2H2,1H3/t13-/m0/s1. The Kier molecular flexibility index (Phi) is 5.33. The topological polar surface area (TPSA) is 29.5 Å². The predicted molar refractivity (Wildman–Crippen MR) is 85.9 cm³/mol. The normalized spacial score (nSPS) is 12.2. The van der Waals surface area contributed by atoms with Crippen LogP contribution in [0.2, 0.25) is 10.0 Å². The number of ether oxygens (including phenoxy) is 1. The van der Waals surface area contributed by atoms with E-state index < -0.39 is 6.10 Å². The molecule has 0 aliphatic carbocycles. The summed E-state index contributed by atoms with van der Waals surface area (Å²) in [6, 6.07) is 10.6. The van der Waals surface area contributed by atoms with E-state index >= 15 is 0 Å². The molecule has 0 fully saturated rings. The fourth-order valence-electron chi connectivity index (χ4n) is 1.77. The number of hydrogen-bond acceptors (Lipinski definition) is 2. The summed E-state index contributed by atoms with van der Waals surface area (Å²) in [5.41, 5.74) is 0.727. The van der Waals surface area contributed by atoms with Gasteiger partial charge in [-0.05, 0) is 34.5 Å². The molecule has 0 bridgehead atoms. The molecule has 2 nitrogen and oxygen atoms in total. The molecular weight excluding hydrogens is 363 g/mol. The number of benzene rings is 2. The van der Waals surface area contributed by atoms with Crippen LogP contribution >= 0.6 is 39.1 Å². The van der Waals surface area contributed by atoms with Crippen molar-refractivity contribution in [2.75, 3.05) is 0 Å². The largest absolute Gasteiger partial charge is 0.455 e. The van der Waals surface area contributed by atoms with Gasteiger partial charge < -0.3 is 9.84 Å². The number of aliphatic hydroxyl groups excluding tert-OH is 1. The molecule has 0 unspecified atom stereocenters. The summed E-state index contributed by atoms with van der Waals surface area (Å²) < 4.78 is 6.51. The third-order valence-corrected chi connectivity index (χ3v) is 4.35. The lowest BCUT2D eigenvalue weighted by Crippen LogP contribution is -1.98. The van der Waals surface area contributed by atoms with Crippen molar-refractivity contribution in [2.24, 2.45) is 0 Å². The summed E-state index contributed by atoms with van der Waals surface area (Å²) in [7, 11) is 0. The van der Waals surface area contributed by atoms with E-state index in [0.29, 0.717) is 32.4 Å². The van der Waals surface area contributed by atoms with Crippen LogP contribution in [0.25, 0.3) is 0 Å². The van der Waals surface area contributed by atoms with Gasteiger partial charge in [0.05, 0.1) is 16.1 Å². The summed E-state index contributed by atoms with van der Waals surface area (Å²) in [5.74, 6) is 1.03. The Morgan fingerprint density at radius 1 is 1.15 bits per heavy atom. The van der Waals surface area contributed by atoms with Gasteiger partial charge in [0.1, 0.15) is 11.5 Å². The SMILES string of the molecule is CC[C@H](O)c1ccccc1Oc1cc(Cl)c(Br)cc1Cl. The Balaban J connectivity index is 2.38. The van der Waals surface area contributed by atoms with Crippen LogP contribution in [0.4, 0.5) is 0 Å². The number of aliphatic hydroxyl groups is 1. The van der Waals surface area contributed by atoms with E-state index in [1.807, 2.05) is 25.1 Å². The van der Waals surface area contributed by atoms with Crippen LogP contribution in [0.1, 0.15) is 25.0 Å². The Morgan fingerprint density at radius 3 is 2.55 bits per heavy atom. The Bertz CT molecular complexity index is 617. The quantitative estimate of drug-likeness (QED) is 0.664. The lowest BCUT2D eigenvalue weighted by molar-refractivity contribution is 0.170. The second kappa shape index (κ2) is 6.81. The van der Waals surface area contributed by atoms with Crippen molar-refractivity contribution in [3.63, 3.8) is 0 Å². The molecule has 0 aromatic heterocycles. The predicted octanol–water partition coefficient (Wildman–Crippen LogP) is 5.99. The van der Waals surface area contributed by atoms with Gasteiger partial charge in [-0.1, -0.05) is 48.3 Å². The first-order valence-electron chi connectivity index (χ1n) is 6.12. The van der Waals surface area contributed by atoms with Crippen LogP contribution in [-0.2, 0) is 0 Å². The van der Waals surface area contributed by atoms with Crippen LogP contribution < -0.4 is 4.74 Å². The molecule has 2 aromatic carbocycles. The van der Waals surface area contributed by atoms with Gasteiger partial charge in [0.2, 0.25) is 0 Å². The van der Waals surface area contributed by atoms with Crippen LogP contribution in [0.3, 0.4) is 0 Å². The van der Waals surface area contributed by atoms with Gasteiger partial charge in [-0.15, -0.1) is 0 Å². The van der Waals surface area contributed by atoms with E-state index in [9.17, 15) is 5.11 Å². The summed E-state index contributed by atoms with van der Waals surface area (Å²) in [6.45, 7) is 1.91. The van der Waals surface area contributed by atoms with Crippen molar-refractivity contribution < 1.29 is 9.84 Å². The molecule has 5 heteroatoms. The molecule has 0 saturated heterocycles. The third-order valence-electron chi connectivity index (χ3n) is 2.86. The molecule has 0 amide bonds. The van der Waals surface area contributed by atoms with Crippen molar-refractivity contribution in [1.29, 1.82) is 0 Å². The minimum atomic E-state index is -0.573. The Morgan fingerprint density at radius 2 is 1.85 bits per heavy atom. The molecule has 2 aromatic rings. The van der Waals surface area contributed by atoms with Crippen molar-refractivity contribution in [1.82, 2.24) is 0 Å². The van der Waals surface area contributed by atoms with Crippen molar-refractivity contribution >= 4 is 39.1 Å². The highest BCUT2D eigenvalue weighted by Crippen LogP contribution is 2.38. The number of halogens is 3. The third kappa shape index (κ3) is 3.47. The molecule has 0 aliphatic rings. The maximum absolute atomic E-state index is 10.0. The lowest BCUT2D eigenvalue weighted by Gasteiger charge is -2.15. The summed E-state index contributed by atoms with van der Waals surface area (Å²) in [5, 5.41) is 11.0. The highest BCUT2D eigenvalue weighted by Gasteiger charge is 2.14. The highest BCUT2D eigenvalue weighted by molar-refractivity contribution is 9.10. The second-order valence-electron chi connectivity index (χ2n) is 4.26. The molecule has 0 saturated carbocycles. The van der Waals surface area contributed by atoms with Crippen molar-refractivity contribution in [3.8, 4) is 11.5 Å². The minimum absolute atomic E-state index is 0.446. The van der Waals surface area contributed by atoms with Gasteiger partial charge in [-0.3, -0.25) is 0 Å². The first-order valence-corrected chi connectivity index (χ1v) is 7.67. The molecule has 0 spiro atoms. The van der Waals surface area contributed by atoms with Gasteiger partial charge in [0.25, 0.3) is 0 Å². The molecule has 1 atom stereocenters. The monoisotopic (exact) mass is 374 g/mol. The zero-order valence-electron chi connectivity index (χ0n) is 10.7. The van der Waals surface area contributed by atoms with Crippen LogP contribution in [-0.4, -0.2) is 5.11 Å². The van der Waals surface area contributed by atoms with Gasteiger partial charge >= 0.3 is 0 Å². The summed E-state index contributed by atoms with van der Waals surface area (Å²) in [4.78, 5) is 0. The maximum atomic E-state index is 10.0. The van der Waals surface area contributed by atoms with Crippen LogP contribution in [0.15, 0.2) is 40.9 Å².